The minimum Gasteiger partial charge on any atom is -0.497 e. The number of ether oxygens (including phenoxy) is 2. The Balaban J connectivity index is 1.44. The zero-order chi connectivity index (χ0) is 19.6. The van der Waals surface area contributed by atoms with E-state index in [1.54, 1.807) is 7.11 Å². The monoisotopic (exact) mass is 378 g/mol. The van der Waals surface area contributed by atoms with Crippen LogP contribution < -0.4 is 20.1 Å². The summed E-state index contributed by atoms with van der Waals surface area (Å²) in [6.45, 7) is 3.91. The van der Waals surface area contributed by atoms with Gasteiger partial charge in [-0.1, -0.05) is 30.3 Å². The lowest BCUT2D eigenvalue weighted by atomic mass is 10.1. The number of nitrogens with zero attached hydrogens (tertiary/aromatic N) is 2. The van der Waals surface area contributed by atoms with E-state index < -0.39 is 0 Å². The van der Waals surface area contributed by atoms with Crippen LogP contribution in [0.1, 0.15) is 11.3 Å². The number of aryl methyl sites for hydroxylation is 1. The highest BCUT2D eigenvalue weighted by molar-refractivity contribution is 5.42. The van der Waals surface area contributed by atoms with Crippen molar-refractivity contribution in [3.63, 3.8) is 0 Å². The van der Waals surface area contributed by atoms with Crippen LogP contribution in [0.3, 0.4) is 0 Å². The highest BCUT2D eigenvalue weighted by Crippen LogP contribution is 2.17. The van der Waals surface area contributed by atoms with Crippen LogP contribution in [-0.2, 0) is 6.42 Å². The van der Waals surface area contributed by atoms with E-state index in [4.69, 9.17) is 9.47 Å². The third kappa shape index (κ3) is 6.16. The summed E-state index contributed by atoms with van der Waals surface area (Å²) in [5.74, 6) is 3.03. The summed E-state index contributed by atoms with van der Waals surface area (Å²) in [7, 11) is 1.65. The zero-order valence-corrected chi connectivity index (χ0v) is 16.3. The molecular weight excluding hydrogens is 352 g/mol. The predicted octanol–water partition coefficient (Wildman–Crippen LogP) is 3.94. The summed E-state index contributed by atoms with van der Waals surface area (Å²) >= 11 is 0. The van der Waals surface area contributed by atoms with Crippen LogP contribution in [0.5, 0.6) is 11.5 Å². The zero-order valence-electron chi connectivity index (χ0n) is 16.3. The van der Waals surface area contributed by atoms with Gasteiger partial charge in [-0.3, -0.25) is 0 Å². The molecule has 0 aliphatic rings. The van der Waals surface area contributed by atoms with E-state index in [-0.39, 0.29) is 0 Å². The molecule has 2 N–H and O–H groups in total. The van der Waals surface area contributed by atoms with Crippen LogP contribution >= 0.6 is 0 Å². The average Bonchev–Trinajstić information content (AvgIpc) is 2.72. The quantitative estimate of drug-likeness (QED) is 0.521. The lowest BCUT2D eigenvalue weighted by Crippen LogP contribution is -2.15. The summed E-state index contributed by atoms with van der Waals surface area (Å²) in [5, 5.41) is 6.58. The van der Waals surface area contributed by atoms with Gasteiger partial charge < -0.3 is 20.1 Å². The van der Waals surface area contributed by atoms with Gasteiger partial charge >= 0.3 is 0 Å². The number of nitrogens with one attached hydrogen (secondary N) is 2. The molecular formula is C22H26N4O2. The summed E-state index contributed by atoms with van der Waals surface area (Å²) in [5.41, 5.74) is 2.21. The van der Waals surface area contributed by atoms with Gasteiger partial charge in [0.1, 0.15) is 23.9 Å². The second-order valence-electron chi connectivity index (χ2n) is 6.33. The van der Waals surface area contributed by atoms with Crippen LogP contribution in [0.2, 0.25) is 0 Å². The molecule has 0 bridgehead atoms. The Hall–Kier alpha value is -3.28. The first-order chi connectivity index (χ1) is 13.7. The number of rotatable bonds is 10. The Bertz CT molecular complexity index is 854. The first-order valence-electron chi connectivity index (χ1n) is 9.37. The summed E-state index contributed by atoms with van der Waals surface area (Å²) in [6.07, 6.45) is 0.947. The molecule has 1 heterocycles. The van der Waals surface area contributed by atoms with E-state index in [1.165, 1.54) is 5.56 Å². The number of aromatic nitrogens is 2. The number of hydrogen-bond acceptors (Lipinski definition) is 6. The number of hydrogen-bond donors (Lipinski definition) is 2. The number of methoxy groups -OCH3 is 1. The Morgan fingerprint density at radius 3 is 2.36 bits per heavy atom. The maximum absolute atomic E-state index is 5.71. The smallest absolute Gasteiger partial charge is 0.224 e. The van der Waals surface area contributed by atoms with E-state index in [2.05, 4.69) is 44.9 Å². The molecule has 3 rings (SSSR count). The van der Waals surface area contributed by atoms with Crippen molar-refractivity contribution in [2.24, 2.45) is 0 Å². The molecule has 0 unspecified atom stereocenters. The van der Waals surface area contributed by atoms with Gasteiger partial charge in [-0.25, -0.2) is 4.98 Å². The van der Waals surface area contributed by atoms with E-state index in [0.717, 1.165) is 36.0 Å². The SMILES string of the molecule is COc1ccc(OCCNc2nc(C)cc(NCCc3ccccc3)n2)cc1. The van der Waals surface area contributed by atoms with Crippen molar-refractivity contribution >= 4 is 11.8 Å². The fourth-order valence-corrected chi connectivity index (χ4v) is 2.72. The first kappa shape index (κ1) is 19.5. The van der Waals surface area contributed by atoms with Gasteiger partial charge in [0.05, 0.1) is 13.7 Å². The average molecular weight is 378 g/mol. The molecule has 28 heavy (non-hydrogen) atoms. The minimum absolute atomic E-state index is 0.514. The molecule has 0 saturated heterocycles. The van der Waals surface area contributed by atoms with Crippen molar-refractivity contribution in [1.82, 2.24) is 9.97 Å². The Kier molecular flexibility index (Phi) is 7.07. The summed E-state index contributed by atoms with van der Waals surface area (Å²) in [6, 6.07) is 19.9. The third-order valence-electron chi connectivity index (χ3n) is 4.13. The summed E-state index contributed by atoms with van der Waals surface area (Å²) < 4.78 is 10.9. The van der Waals surface area contributed by atoms with Crippen LogP contribution in [0, 0.1) is 6.92 Å². The Morgan fingerprint density at radius 2 is 1.61 bits per heavy atom. The first-order valence-corrected chi connectivity index (χ1v) is 9.37. The fraction of sp³-hybridized carbons (Fsp3) is 0.273. The molecule has 0 saturated carbocycles. The molecule has 2 aromatic carbocycles. The fourth-order valence-electron chi connectivity index (χ4n) is 2.72. The number of benzene rings is 2. The van der Waals surface area contributed by atoms with Gasteiger partial charge in [-0.2, -0.15) is 4.98 Å². The second-order valence-corrected chi connectivity index (χ2v) is 6.33. The molecule has 0 spiro atoms. The van der Waals surface area contributed by atoms with Crippen LogP contribution in [0.25, 0.3) is 0 Å². The third-order valence-corrected chi connectivity index (χ3v) is 4.13. The maximum Gasteiger partial charge on any atom is 0.224 e. The van der Waals surface area contributed by atoms with Gasteiger partial charge in [-0.05, 0) is 43.2 Å². The molecule has 0 amide bonds. The van der Waals surface area contributed by atoms with Gasteiger partial charge in [0.25, 0.3) is 0 Å². The highest BCUT2D eigenvalue weighted by Gasteiger charge is 2.03. The van der Waals surface area contributed by atoms with E-state index in [0.29, 0.717) is 19.1 Å². The Morgan fingerprint density at radius 1 is 0.857 bits per heavy atom. The Labute approximate surface area is 166 Å². The standard InChI is InChI=1S/C22H26N4O2/c1-17-16-21(23-13-12-18-6-4-3-5-7-18)26-22(25-17)24-14-15-28-20-10-8-19(27-2)9-11-20/h3-11,16H,12-15H2,1-2H3,(H2,23,24,25,26). The molecule has 146 valence electrons. The van der Waals surface area contributed by atoms with Gasteiger partial charge in [-0.15, -0.1) is 0 Å². The van der Waals surface area contributed by atoms with E-state index in [1.807, 2.05) is 43.3 Å². The van der Waals surface area contributed by atoms with Crippen molar-refractivity contribution in [2.75, 3.05) is 37.4 Å². The number of anilines is 2. The van der Waals surface area contributed by atoms with Gasteiger partial charge in [0.2, 0.25) is 5.95 Å². The topological polar surface area (TPSA) is 68.3 Å². The van der Waals surface area contributed by atoms with Crippen LogP contribution in [-0.4, -0.2) is 36.8 Å². The highest BCUT2D eigenvalue weighted by atomic mass is 16.5. The molecule has 0 aliphatic heterocycles. The second kappa shape index (κ2) is 10.2. The lowest BCUT2D eigenvalue weighted by Gasteiger charge is -2.11. The van der Waals surface area contributed by atoms with Gasteiger partial charge in [0, 0.05) is 18.3 Å². The van der Waals surface area contributed by atoms with Crippen LogP contribution in [0.4, 0.5) is 11.8 Å². The molecule has 6 nitrogen and oxygen atoms in total. The lowest BCUT2D eigenvalue weighted by molar-refractivity contribution is 0.331. The van der Waals surface area contributed by atoms with Crippen molar-refractivity contribution in [3.05, 3.63) is 71.9 Å². The molecule has 0 aliphatic carbocycles. The largest absolute Gasteiger partial charge is 0.497 e. The minimum atomic E-state index is 0.514. The molecule has 1 aromatic heterocycles. The molecule has 0 radical (unpaired) electrons. The van der Waals surface area contributed by atoms with Crippen molar-refractivity contribution < 1.29 is 9.47 Å². The van der Waals surface area contributed by atoms with Crippen molar-refractivity contribution in [2.45, 2.75) is 13.3 Å². The van der Waals surface area contributed by atoms with Gasteiger partial charge in [0.15, 0.2) is 0 Å². The normalized spacial score (nSPS) is 10.4. The molecule has 6 heteroatoms. The predicted molar refractivity (Wildman–Crippen MR) is 112 cm³/mol. The summed E-state index contributed by atoms with van der Waals surface area (Å²) in [4.78, 5) is 8.96. The maximum atomic E-state index is 5.71. The van der Waals surface area contributed by atoms with E-state index in [9.17, 15) is 0 Å². The molecule has 0 fully saturated rings. The molecule has 0 atom stereocenters. The molecule has 3 aromatic rings. The van der Waals surface area contributed by atoms with Crippen LogP contribution in [0.15, 0.2) is 60.7 Å². The van der Waals surface area contributed by atoms with E-state index >= 15 is 0 Å². The van der Waals surface area contributed by atoms with Crippen molar-refractivity contribution in [1.29, 1.82) is 0 Å². The van der Waals surface area contributed by atoms with Crippen molar-refractivity contribution in [3.8, 4) is 11.5 Å².